The summed E-state index contributed by atoms with van der Waals surface area (Å²) in [6, 6.07) is 20.4. The zero-order valence-electron chi connectivity index (χ0n) is 33.6. The Morgan fingerprint density at radius 2 is 1.61 bits per heavy atom. The number of benzene rings is 2. The van der Waals surface area contributed by atoms with Crippen LogP contribution in [0.25, 0.3) is 11.3 Å². The number of aryl methyl sites for hydroxylation is 2. The summed E-state index contributed by atoms with van der Waals surface area (Å²) in [6.45, 7) is 3.57. The molecule has 14 nitrogen and oxygen atoms in total. The second-order valence-electron chi connectivity index (χ2n) is 15.3. The van der Waals surface area contributed by atoms with Gasteiger partial charge in [0.2, 0.25) is 23.6 Å². The molecule has 61 heavy (non-hydrogen) atoms. The highest BCUT2D eigenvalue weighted by Crippen LogP contribution is 2.52. The Balaban J connectivity index is 0.806. The molecule has 0 atom stereocenters. The van der Waals surface area contributed by atoms with Crippen molar-refractivity contribution in [3.05, 3.63) is 95.2 Å². The molecule has 3 aliphatic rings. The number of piperazine rings is 1. The van der Waals surface area contributed by atoms with Crippen molar-refractivity contribution in [1.82, 2.24) is 25.5 Å². The highest BCUT2D eigenvalue weighted by Gasteiger charge is 2.53. The quantitative estimate of drug-likeness (QED) is 0.0865. The molecule has 1 saturated heterocycles. The molecule has 320 valence electrons. The van der Waals surface area contributed by atoms with E-state index in [1.807, 2.05) is 25.1 Å². The zero-order valence-corrected chi connectivity index (χ0v) is 34.4. The zero-order chi connectivity index (χ0) is 43.1. The lowest BCUT2D eigenvalue weighted by Crippen LogP contribution is -2.53. The van der Waals surface area contributed by atoms with Crippen LogP contribution < -0.4 is 30.3 Å². The molecule has 0 unspecified atom stereocenters. The van der Waals surface area contributed by atoms with Gasteiger partial charge in [-0.15, -0.1) is 20.4 Å². The molecular weight excluding hydrogens is 812 g/mol. The van der Waals surface area contributed by atoms with E-state index in [9.17, 15) is 32.8 Å². The lowest BCUT2D eigenvalue weighted by molar-refractivity contribution is -0.286. The van der Waals surface area contributed by atoms with Gasteiger partial charge < -0.3 is 30.3 Å². The second kappa shape index (κ2) is 18.6. The maximum atomic E-state index is 13.6. The third-order valence-corrected chi connectivity index (χ3v) is 11.2. The molecule has 5 amide bonds. The number of carbonyl (C=O) groups excluding carboxylic acids is 5. The predicted molar refractivity (Wildman–Crippen MR) is 223 cm³/mol. The number of aromatic nitrogens is 2. The summed E-state index contributed by atoms with van der Waals surface area (Å²) in [7, 11) is 0. The Hall–Kier alpha value is -6.16. The summed E-state index contributed by atoms with van der Waals surface area (Å²) in [5.74, 6) is -0.674. The molecule has 3 N–H and O–H groups in total. The van der Waals surface area contributed by atoms with Crippen LogP contribution in [0.4, 0.5) is 20.4 Å². The molecule has 2 aliphatic heterocycles. The van der Waals surface area contributed by atoms with Crippen LogP contribution >= 0.6 is 11.6 Å². The van der Waals surface area contributed by atoms with Crippen LogP contribution in [0.15, 0.2) is 72.8 Å². The molecule has 2 fully saturated rings. The summed E-state index contributed by atoms with van der Waals surface area (Å²) < 4.78 is 36.3. The Kier molecular flexibility index (Phi) is 13.1. The lowest BCUT2D eigenvalue weighted by atomic mass is 9.94. The van der Waals surface area contributed by atoms with E-state index in [-0.39, 0.29) is 59.9 Å². The van der Waals surface area contributed by atoms with Gasteiger partial charge in [-0.3, -0.25) is 28.9 Å². The number of nitrogens with zero attached hydrogens (tertiary/aromatic N) is 4. The van der Waals surface area contributed by atoms with Crippen molar-refractivity contribution in [2.75, 3.05) is 48.8 Å². The number of carbonyl (C=O) groups is 5. The van der Waals surface area contributed by atoms with Gasteiger partial charge in [0.05, 0.1) is 11.1 Å². The molecule has 1 saturated carbocycles. The van der Waals surface area contributed by atoms with Crippen molar-refractivity contribution in [3.63, 3.8) is 0 Å². The number of hydrogen-bond donors (Lipinski definition) is 3. The van der Waals surface area contributed by atoms with E-state index in [4.69, 9.17) is 16.6 Å². The van der Waals surface area contributed by atoms with E-state index in [1.165, 1.54) is 17.0 Å². The fourth-order valence-corrected chi connectivity index (χ4v) is 7.56. The first-order valence-corrected chi connectivity index (χ1v) is 20.8. The Labute approximate surface area is 356 Å². The van der Waals surface area contributed by atoms with Crippen LogP contribution in [0, 0.1) is 6.92 Å². The van der Waals surface area contributed by atoms with Crippen LogP contribution in [0.3, 0.4) is 0 Å². The smallest absolute Gasteiger partial charge is 0.395 e. The van der Waals surface area contributed by atoms with Crippen molar-refractivity contribution in [2.24, 2.45) is 0 Å². The van der Waals surface area contributed by atoms with Crippen molar-refractivity contribution in [1.29, 1.82) is 0 Å². The third-order valence-electron chi connectivity index (χ3n) is 11.0. The molecule has 2 aromatic carbocycles. The van der Waals surface area contributed by atoms with Crippen molar-refractivity contribution in [3.8, 4) is 22.8 Å². The monoisotopic (exact) mass is 857 g/mol. The molecule has 0 spiro atoms. The standard InChI is InChI=1S/C44H46ClF2N7O7/c1-28-12-16-35(52-42(59)43(18-19-43)31-13-15-33-34(25-31)61-44(46,47)60-33)51-40(28)29-8-6-9-30(24-29)41(58)49-21-5-3-2-4-20-48-37(55)17-14-32-10-7-11-36(50-32)54-23-22-53(27-39(54)57)38(56)26-45/h6-13,15-16,24-25H,2-5,14,17-23,26-27H2,1H3,(H,48,55)(H,49,58)(H,51,52,59). The summed E-state index contributed by atoms with van der Waals surface area (Å²) in [6.07, 6.45) is 1.31. The Bertz CT molecular complexity index is 2330. The number of amides is 5. The number of ether oxygens (including phenoxy) is 2. The first-order valence-electron chi connectivity index (χ1n) is 20.3. The first kappa shape index (κ1) is 42.9. The van der Waals surface area contributed by atoms with Crippen LogP contribution in [-0.4, -0.2) is 89.3 Å². The summed E-state index contributed by atoms with van der Waals surface area (Å²) in [4.78, 5) is 75.9. The van der Waals surface area contributed by atoms with Crippen LogP contribution in [0.5, 0.6) is 11.5 Å². The van der Waals surface area contributed by atoms with E-state index < -0.39 is 11.7 Å². The maximum Gasteiger partial charge on any atom is 0.586 e. The van der Waals surface area contributed by atoms with Gasteiger partial charge >= 0.3 is 6.29 Å². The van der Waals surface area contributed by atoms with Crippen LogP contribution in [0.1, 0.15) is 72.1 Å². The largest absolute Gasteiger partial charge is 0.586 e. The highest BCUT2D eigenvalue weighted by molar-refractivity contribution is 6.27. The average molecular weight is 858 g/mol. The van der Waals surface area contributed by atoms with E-state index in [0.29, 0.717) is 85.2 Å². The van der Waals surface area contributed by atoms with Gasteiger partial charge in [0, 0.05) is 49.4 Å². The number of pyridine rings is 2. The van der Waals surface area contributed by atoms with Crippen LogP contribution in [0.2, 0.25) is 0 Å². The van der Waals surface area contributed by atoms with E-state index in [1.54, 1.807) is 47.4 Å². The van der Waals surface area contributed by atoms with Crippen LogP contribution in [-0.2, 0) is 31.0 Å². The average Bonchev–Trinajstić information content (AvgIpc) is 4.01. The first-order chi connectivity index (χ1) is 29.3. The van der Waals surface area contributed by atoms with Gasteiger partial charge in [0.25, 0.3) is 5.91 Å². The number of alkyl halides is 3. The fourth-order valence-electron chi connectivity index (χ4n) is 7.39. The molecule has 0 radical (unpaired) electrons. The molecule has 17 heteroatoms. The number of halogens is 3. The molecule has 0 bridgehead atoms. The number of anilines is 2. The van der Waals surface area contributed by atoms with Crippen molar-refractivity contribution < 1.29 is 42.2 Å². The minimum atomic E-state index is -3.75. The van der Waals surface area contributed by atoms with Gasteiger partial charge in [-0.1, -0.05) is 43.2 Å². The SMILES string of the molecule is Cc1ccc(NC(=O)C2(c3ccc4c(c3)OC(F)(F)O4)CC2)nc1-c1cccc(C(=O)NCCCCCCNC(=O)CCc2cccc(N3CCN(C(=O)CCl)CC3=O)n2)c1. The van der Waals surface area contributed by atoms with E-state index in [2.05, 4.69) is 30.4 Å². The van der Waals surface area contributed by atoms with Gasteiger partial charge in [0.15, 0.2) is 11.5 Å². The van der Waals surface area contributed by atoms with E-state index in [0.717, 1.165) is 31.2 Å². The second-order valence-corrected chi connectivity index (χ2v) is 15.6. The summed E-state index contributed by atoms with van der Waals surface area (Å²) >= 11 is 5.63. The maximum absolute atomic E-state index is 13.6. The van der Waals surface area contributed by atoms with Crippen molar-refractivity contribution >= 4 is 52.8 Å². The number of hydrogen-bond acceptors (Lipinski definition) is 9. The Morgan fingerprint density at radius 3 is 2.36 bits per heavy atom. The molecular formula is C44H46ClF2N7O7. The third kappa shape index (κ3) is 10.4. The summed E-state index contributed by atoms with van der Waals surface area (Å²) in [5, 5.41) is 8.82. The normalized spacial score (nSPS) is 15.9. The fraction of sp³-hybridized carbons (Fsp3) is 0.386. The van der Waals surface area contributed by atoms with Crippen molar-refractivity contribution in [2.45, 2.75) is 70.0 Å². The minimum absolute atomic E-state index is 0.0444. The minimum Gasteiger partial charge on any atom is -0.395 e. The molecule has 4 aromatic rings. The van der Waals surface area contributed by atoms with Gasteiger partial charge in [-0.2, -0.15) is 0 Å². The molecule has 2 aromatic heterocycles. The highest BCUT2D eigenvalue weighted by atomic mass is 35.5. The molecule has 4 heterocycles. The van der Waals surface area contributed by atoms with Gasteiger partial charge in [0.1, 0.15) is 24.1 Å². The number of unbranched alkanes of at least 4 members (excludes halogenated alkanes) is 3. The lowest BCUT2D eigenvalue weighted by Gasteiger charge is -2.33. The summed E-state index contributed by atoms with van der Waals surface area (Å²) in [5.41, 5.74) is 2.96. The number of rotatable bonds is 17. The number of nitrogens with one attached hydrogen (secondary N) is 3. The Morgan fingerprint density at radius 1 is 0.852 bits per heavy atom. The number of fused-ring (bicyclic) bond motifs is 1. The molecule has 1 aliphatic carbocycles. The predicted octanol–water partition coefficient (Wildman–Crippen LogP) is 5.90. The van der Waals surface area contributed by atoms with E-state index >= 15 is 0 Å². The topological polar surface area (TPSA) is 172 Å². The van der Waals surface area contributed by atoms with Gasteiger partial charge in [-0.25, -0.2) is 9.97 Å². The van der Waals surface area contributed by atoms with Gasteiger partial charge in [-0.05, 0) is 92.6 Å². The molecule has 7 rings (SSSR count).